The smallest absolute Gasteiger partial charge is 0.0110 e. The van der Waals surface area contributed by atoms with Crippen LogP contribution in [0.25, 0.3) is 17.2 Å². The van der Waals surface area contributed by atoms with Crippen LogP contribution in [0.5, 0.6) is 0 Å². The van der Waals surface area contributed by atoms with Gasteiger partial charge in [-0.2, -0.15) is 0 Å². The largest absolute Gasteiger partial charge is 0.357 e. The Kier molecular flexibility index (Phi) is 2.23. The minimum absolute atomic E-state index is 1.16. The van der Waals surface area contributed by atoms with Crippen LogP contribution in [0.4, 0.5) is 0 Å². The van der Waals surface area contributed by atoms with Gasteiger partial charge in [-0.1, -0.05) is 36.9 Å². The molecule has 1 heterocycles. The first-order valence-corrected chi connectivity index (χ1v) is 4.64. The molecule has 0 bridgehead atoms. The lowest BCUT2D eigenvalue weighted by Gasteiger charge is -1.98. The van der Waals surface area contributed by atoms with Crippen LogP contribution < -0.4 is 0 Å². The Morgan fingerprint density at radius 3 is 2.29 bits per heavy atom. The van der Waals surface area contributed by atoms with Gasteiger partial charge in [0.2, 0.25) is 0 Å². The van der Waals surface area contributed by atoms with Crippen LogP contribution in [0.2, 0.25) is 0 Å². The van der Waals surface area contributed by atoms with E-state index < -0.39 is 0 Å². The highest BCUT2D eigenvalue weighted by Crippen LogP contribution is 2.19. The van der Waals surface area contributed by atoms with Gasteiger partial charge < -0.3 is 4.57 Å². The number of hydrogen-bond donors (Lipinski definition) is 0. The summed E-state index contributed by atoms with van der Waals surface area (Å²) in [5.41, 5.74) is 3.66. The molecule has 0 atom stereocenters. The zero-order valence-electron chi connectivity index (χ0n) is 8.27. The quantitative estimate of drug-likeness (QED) is 0.673. The van der Waals surface area contributed by atoms with Crippen molar-refractivity contribution < 1.29 is 0 Å². The third-order valence-electron chi connectivity index (χ3n) is 2.31. The number of aromatic nitrogens is 1. The Hall–Kier alpha value is -1.76. The molecule has 1 heteroatoms. The summed E-state index contributed by atoms with van der Waals surface area (Å²) >= 11 is 0. The molecule has 14 heavy (non-hydrogen) atoms. The van der Waals surface area contributed by atoms with Gasteiger partial charge in [0, 0.05) is 19.4 Å². The van der Waals surface area contributed by atoms with Crippen LogP contribution in [0.3, 0.4) is 0 Å². The standard InChI is InChI=1S/C13H13N/c1-3-11-4-6-12(7-5-11)13-8-9-14(2)10-13/h3-10H,1H2,2H3. The van der Waals surface area contributed by atoms with E-state index in [1.54, 1.807) is 0 Å². The zero-order valence-corrected chi connectivity index (χ0v) is 8.27. The van der Waals surface area contributed by atoms with Gasteiger partial charge >= 0.3 is 0 Å². The summed E-state index contributed by atoms with van der Waals surface area (Å²) in [5.74, 6) is 0. The molecule has 1 nitrogen and oxygen atoms in total. The molecule has 0 unspecified atom stereocenters. The fourth-order valence-corrected chi connectivity index (χ4v) is 1.49. The van der Waals surface area contributed by atoms with Gasteiger partial charge in [0.25, 0.3) is 0 Å². The normalized spacial score (nSPS) is 10.1. The molecule has 0 fully saturated rings. The minimum atomic E-state index is 1.16. The molecule has 70 valence electrons. The van der Waals surface area contributed by atoms with Crippen molar-refractivity contribution in [2.75, 3.05) is 0 Å². The maximum Gasteiger partial charge on any atom is 0.0110 e. The van der Waals surface area contributed by atoms with Crippen LogP contribution in [-0.4, -0.2) is 4.57 Å². The summed E-state index contributed by atoms with van der Waals surface area (Å²) < 4.78 is 2.05. The third-order valence-corrected chi connectivity index (χ3v) is 2.31. The van der Waals surface area contributed by atoms with Crippen molar-refractivity contribution in [1.29, 1.82) is 0 Å². The average Bonchev–Trinajstić information content (AvgIpc) is 2.65. The van der Waals surface area contributed by atoms with Gasteiger partial charge in [0.05, 0.1) is 0 Å². The molecule has 1 aromatic carbocycles. The van der Waals surface area contributed by atoms with E-state index in [4.69, 9.17) is 0 Å². The Bertz CT molecular complexity index is 435. The second-order valence-electron chi connectivity index (χ2n) is 3.39. The molecule has 0 saturated heterocycles. The van der Waals surface area contributed by atoms with E-state index in [1.165, 1.54) is 11.1 Å². The maximum atomic E-state index is 3.73. The Labute approximate surface area is 84.3 Å². The molecule has 0 aliphatic heterocycles. The van der Waals surface area contributed by atoms with E-state index in [1.807, 2.05) is 13.1 Å². The van der Waals surface area contributed by atoms with Gasteiger partial charge in [-0.15, -0.1) is 0 Å². The number of benzene rings is 1. The SMILES string of the molecule is C=Cc1ccc(-c2ccn(C)c2)cc1. The molecule has 2 rings (SSSR count). The highest BCUT2D eigenvalue weighted by Gasteiger charge is 1.97. The summed E-state index contributed by atoms with van der Waals surface area (Å²) in [6.07, 6.45) is 6.02. The average molecular weight is 183 g/mol. The highest BCUT2D eigenvalue weighted by atomic mass is 14.9. The molecule has 0 amide bonds. The first-order valence-electron chi connectivity index (χ1n) is 4.64. The van der Waals surface area contributed by atoms with E-state index in [2.05, 4.69) is 53.9 Å². The lowest BCUT2D eigenvalue weighted by molar-refractivity contribution is 0.928. The van der Waals surface area contributed by atoms with Crippen molar-refractivity contribution in [3.63, 3.8) is 0 Å². The fraction of sp³-hybridized carbons (Fsp3) is 0.0769. The molecular formula is C13H13N. The molecule has 0 aliphatic carbocycles. The van der Waals surface area contributed by atoms with Crippen molar-refractivity contribution in [3.05, 3.63) is 54.9 Å². The second kappa shape index (κ2) is 3.54. The van der Waals surface area contributed by atoms with Crippen molar-refractivity contribution in [1.82, 2.24) is 4.57 Å². The van der Waals surface area contributed by atoms with E-state index in [-0.39, 0.29) is 0 Å². The Balaban J connectivity index is 2.38. The van der Waals surface area contributed by atoms with E-state index in [9.17, 15) is 0 Å². The van der Waals surface area contributed by atoms with Crippen LogP contribution >= 0.6 is 0 Å². The van der Waals surface area contributed by atoms with E-state index in [0.717, 1.165) is 5.56 Å². The number of rotatable bonds is 2. The van der Waals surface area contributed by atoms with Gasteiger partial charge in [0.1, 0.15) is 0 Å². The summed E-state index contributed by atoms with van der Waals surface area (Å²) in [5, 5.41) is 0. The number of aryl methyl sites for hydroxylation is 1. The van der Waals surface area contributed by atoms with Crippen molar-refractivity contribution >= 4 is 6.08 Å². The highest BCUT2D eigenvalue weighted by molar-refractivity contribution is 5.64. The second-order valence-corrected chi connectivity index (χ2v) is 3.39. The summed E-state index contributed by atoms with van der Waals surface area (Å²) in [6, 6.07) is 10.5. The van der Waals surface area contributed by atoms with E-state index >= 15 is 0 Å². The minimum Gasteiger partial charge on any atom is -0.357 e. The van der Waals surface area contributed by atoms with Crippen LogP contribution in [0.1, 0.15) is 5.56 Å². The van der Waals surface area contributed by atoms with Gasteiger partial charge in [-0.3, -0.25) is 0 Å². The predicted octanol–water partition coefficient (Wildman–Crippen LogP) is 3.34. The van der Waals surface area contributed by atoms with Crippen LogP contribution in [-0.2, 0) is 7.05 Å². The molecular weight excluding hydrogens is 170 g/mol. The molecule has 0 saturated carbocycles. The lowest BCUT2D eigenvalue weighted by atomic mass is 10.1. The molecule has 0 aliphatic rings. The number of nitrogens with zero attached hydrogens (tertiary/aromatic N) is 1. The van der Waals surface area contributed by atoms with Crippen LogP contribution in [0, 0.1) is 0 Å². The van der Waals surface area contributed by atoms with Gasteiger partial charge in [0.15, 0.2) is 0 Å². The topological polar surface area (TPSA) is 4.93 Å². The lowest BCUT2D eigenvalue weighted by Crippen LogP contribution is -1.79. The van der Waals surface area contributed by atoms with Crippen molar-refractivity contribution in [2.45, 2.75) is 0 Å². The molecule has 0 radical (unpaired) electrons. The summed E-state index contributed by atoms with van der Waals surface area (Å²) in [4.78, 5) is 0. The molecule has 1 aromatic heterocycles. The van der Waals surface area contributed by atoms with Crippen LogP contribution in [0.15, 0.2) is 49.3 Å². The van der Waals surface area contributed by atoms with Gasteiger partial charge in [-0.25, -0.2) is 0 Å². The molecule has 0 spiro atoms. The maximum absolute atomic E-state index is 3.73. The Morgan fingerprint density at radius 2 is 1.79 bits per heavy atom. The monoisotopic (exact) mass is 183 g/mol. The van der Waals surface area contributed by atoms with Crippen molar-refractivity contribution in [3.8, 4) is 11.1 Å². The Morgan fingerprint density at radius 1 is 1.07 bits per heavy atom. The molecule has 0 N–H and O–H groups in total. The van der Waals surface area contributed by atoms with Gasteiger partial charge in [-0.05, 0) is 22.8 Å². The zero-order chi connectivity index (χ0) is 9.97. The summed E-state index contributed by atoms with van der Waals surface area (Å²) in [7, 11) is 2.03. The first kappa shape index (κ1) is 8.82. The first-order chi connectivity index (χ1) is 6.79. The van der Waals surface area contributed by atoms with Crippen molar-refractivity contribution in [2.24, 2.45) is 7.05 Å². The summed E-state index contributed by atoms with van der Waals surface area (Å²) in [6.45, 7) is 3.73. The fourth-order valence-electron chi connectivity index (χ4n) is 1.49. The third kappa shape index (κ3) is 1.62. The molecule has 2 aromatic rings. The number of hydrogen-bond acceptors (Lipinski definition) is 0. The van der Waals surface area contributed by atoms with E-state index in [0.29, 0.717) is 0 Å². The predicted molar refractivity (Wildman–Crippen MR) is 60.9 cm³/mol.